The molecule has 1 fully saturated rings. The van der Waals surface area contributed by atoms with E-state index in [-0.39, 0.29) is 5.60 Å². The molecule has 0 bridgehead atoms. The van der Waals surface area contributed by atoms with Crippen LogP contribution in [0.2, 0.25) is 0 Å². The smallest absolute Gasteiger partial charge is 0.119 e. The molecule has 17 heavy (non-hydrogen) atoms. The molecule has 0 amide bonds. The van der Waals surface area contributed by atoms with E-state index in [4.69, 9.17) is 4.74 Å². The molecule has 2 nitrogen and oxygen atoms in total. The van der Waals surface area contributed by atoms with Gasteiger partial charge in [-0.05, 0) is 50.7 Å². The lowest BCUT2D eigenvalue weighted by molar-refractivity contribution is 0.316. The number of phenols is 1. The van der Waals surface area contributed by atoms with Crippen molar-refractivity contribution in [2.45, 2.75) is 57.7 Å². The number of benzene rings is 1. The van der Waals surface area contributed by atoms with Crippen LogP contribution in [-0.4, -0.2) is 16.8 Å². The number of hydrogen-bond acceptors (Lipinski definition) is 2. The summed E-state index contributed by atoms with van der Waals surface area (Å²) >= 11 is 0. The van der Waals surface area contributed by atoms with Gasteiger partial charge in [0.05, 0.1) is 11.7 Å². The van der Waals surface area contributed by atoms with Crippen molar-refractivity contribution in [1.82, 2.24) is 0 Å². The monoisotopic (exact) mass is 234 g/mol. The second-order valence-electron chi connectivity index (χ2n) is 5.45. The number of hydrogen-bond donors (Lipinski definition) is 1. The summed E-state index contributed by atoms with van der Waals surface area (Å²) in [5.41, 5.74) is 1.16. The van der Waals surface area contributed by atoms with Gasteiger partial charge in [0.2, 0.25) is 0 Å². The molecule has 1 aliphatic rings. The molecule has 1 aliphatic heterocycles. The van der Waals surface area contributed by atoms with Crippen molar-refractivity contribution in [3.63, 3.8) is 0 Å². The minimum atomic E-state index is 0.0804. The van der Waals surface area contributed by atoms with Gasteiger partial charge in [0.25, 0.3) is 0 Å². The summed E-state index contributed by atoms with van der Waals surface area (Å²) in [6, 6.07) is 7.67. The van der Waals surface area contributed by atoms with Crippen LogP contribution in [0.15, 0.2) is 24.3 Å². The maximum Gasteiger partial charge on any atom is 0.119 e. The molecule has 0 saturated carbocycles. The quantitative estimate of drug-likeness (QED) is 0.785. The van der Waals surface area contributed by atoms with Gasteiger partial charge in [-0.25, -0.2) is 0 Å². The highest BCUT2D eigenvalue weighted by Crippen LogP contribution is 2.41. The van der Waals surface area contributed by atoms with Crippen LogP contribution in [0.3, 0.4) is 0 Å². The summed E-state index contributed by atoms with van der Waals surface area (Å²) < 4.78 is 5.60. The molecular weight excluding hydrogens is 212 g/mol. The van der Waals surface area contributed by atoms with E-state index in [2.05, 4.69) is 20.8 Å². The van der Waals surface area contributed by atoms with Crippen LogP contribution in [0.25, 0.3) is 0 Å². The van der Waals surface area contributed by atoms with Gasteiger partial charge in [-0.15, -0.1) is 0 Å². The molecule has 2 rings (SSSR count). The highest BCUT2D eigenvalue weighted by atomic mass is 16.6. The maximum absolute atomic E-state index is 9.86. The van der Waals surface area contributed by atoms with Crippen LogP contribution in [0.4, 0.5) is 0 Å². The molecule has 2 heteroatoms. The zero-order chi connectivity index (χ0) is 12.5. The van der Waals surface area contributed by atoms with Gasteiger partial charge < -0.3 is 9.84 Å². The van der Waals surface area contributed by atoms with Gasteiger partial charge >= 0.3 is 0 Å². The first-order valence-electron chi connectivity index (χ1n) is 6.50. The van der Waals surface area contributed by atoms with Crippen molar-refractivity contribution in [2.24, 2.45) is 0 Å². The normalized spacial score (nSPS) is 23.4. The van der Waals surface area contributed by atoms with Crippen LogP contribution in [0.1, 0.15) is 51.5 Å². The molecule has 0 aromatic heterocycles. The molecule has 0 radical (unpaired) electrons. The predicted molar refractivity (Wildman–Crippen MR) is 69.3 cm³/mol. The van der Waals surface area contributed by atoms with E-state index >= 15 is 0 Å². The average molecular weight is 234 g/mol. The van der Waals surface area contributed by atoms with Gasteiger partial charge in [0.15, 0.2) is 0 Å². The zero-order valence-corrected chi connectivity index (χ0v) is 10.9. The van der Waals surface area contributed by atoms with Gasteiger partial charge in [-0.1, -0.05) is 25.1 Å². The molecule has 1 aromatic rings. The second-order valence-corrected chi connectivity index (χ2v) is 5.45. The lowest BCUT2D eigenvalue weighted by Gasteiger charge is -2.16. The minimum Gasteiger partial charge on any atom is -0.508 e. The Morgan fingerprint density at radius 3 is 2.53 bits per heavy atom. The Balaban J connectivity index is 1.95. The maximum atomic E-state index is 9.86. The number of phenolic OH excluding ortho intramolecular Hbond substituents is 1. The van der Waals surface area contributed by atoms with Gasteiger partial charge in [-0.3, -0.25) is 0 Å². The fraction of sp³-hybridized carbons (Fsp3) is 0.600. The molecule has 1 N–H and O–H groups in total. The van der Waals surface area contributed by atoms with Crippen molar-refractivity contribution in [1.29, 1.82) is 0 Å². The number of epoxide rings is 1. The summed E-state index contributed by atoms with van der Waals surface area (Å²) in [6.45, 7) is 6.45. The Morgan fingerprint density at radius 2 is 2.00 bits per heavy atom. The van der Waals surface area contributed by atoms with Crippen LogP contribution >= 0.6 is 0 Å². The molecule has 1 heterocycles. The summed E-state index contributed by atoms with van der Waals surface area (Å²) in [5.74, 6) is 0.867. The zero-order valence-electron chi connectivity index (χ0n) is 10.9. The fourth-order valence-corrected chi connectivity index (χ4v) is 2.50. The van der Waals surface area contributed by atoms with E-state index in [1.54, 1.807) is 6.07 Å². The van der Waals surface area contributed by atoms with E-state index in [0.717, 1.165) is 24.8 Å². The molecule has 0 spiro atoms. The highest BCUT2D eigenvalue weighted by molar-refractivity contribution is 5.34. The first kappa shape index (κ1) is 12.4. The van der Waals surface area contributed by atoms with Crippen molar-refractivity contribution in [3.05, 3.63) is 29.8 Å². The third kappa shape index (κ3) is 2.81. The van der Waals surface area contributed by atoms with E-state index in [0.29, 0.717) is 17.8 Å². The van der Waals surface area contributed by atoms with Crippen molar-refractivity contribution < 1.29 is 9.84 Å². The third-order valence-corrected chi connectivity index (χ3v) is 3.81. The first-order valence-corrected chi connectivity index (χ1v) is 6.50. The number of para-hydroxylation sites is 1. The number of ether oxygens (including phenoxy) is 1. The summed E-state index contributed by atoms with van der Waals surface area (Å²) in [4.78, 5) is 0. The largest absolute Gasteiger partial charge is 0.508 e. The SMILES string of the molecule is CC[C@H](CC[C@H]1OC1(C)C)c1ccccc1O. The van der Waals surface area contributed by atoms with Crippen LogP contribution in [0.5, 0.6) is 5.75 Å². The van der Waals surface area contributed by atoms with Crippen LogP contribution < -0.4 is 0 Å². The lowest BCUT2D eigenvalue weighted by Crippen LogP contribution is -2.05. The molecule has 0 aliphatic carbocycles. The van der Waals surface area contributed by atoms with Gasteiger partial charge in [-0.2, -0.15) is 0 Å². The van der Waals surface area contributed by atoms with Crippen molar-refractivity contribution >= 4 is 0 Å². The Labute approximate surface area is 104 Å². The molecule has 2 atom stereocenters. The molecule has 94 valence electrons. The topological polar surface area (TPSA) is 32.8 Å². The Bertz CT molecular complexity index is 384. The molecule has 0 unspecified atom stereocenters. The van der Waals surface area contributed by atoms with Crippen molar-refractivity contribution in [2.75, 3.05) is 0 Å². The van der Waals surface area contributed by atoms with Crippen LogP contribution in [0, 0.1) is 0 Å². The minimum absolute atomic E-state index is 0.0804. The predicted octanol–water partition coefficient (Wildman–Crippen LogP) is 3.84. The highest BCUT2D eigenvalue weighted by Gasteiger charge is 2.47. The number of rotatable bonds is 5. The summed E-state index contributed by atoms with van der Waals surface area (Å²) in [7, 11) is 0. The van der Waals surface area contributed by atoms with Gasteiger partial charge in [0.1, 0.15) is 5.75 Å². The Morgan fingerprint density at radius 1 is 1.35 bits per heavy atom. The van der Waals surface area contributed by atoms with Gasteiger partial charge in [0, 0.05) is 0 Å². The van der Waals surface area contributed by atoms with Crippen LogP contribution in [-0.2, 0) is 4.74 Å². The summed E-state index contributed by atoms with van der Waals surface area (Å²) in [5, 5.41) is 9.86. The van der Waals surface area contributed by atoms with Crippen molar-refractivity contribution in [3.8, 4) is 5.75 Å². The fourth-order valence-electron chi connectivity index (χ4n) is 2.50. The second kappa shape index (κ2) is 4.69. The molecule has 1 saturated heterocycles. The van der Waals surface area contributed by atoms with E-state index in [1.165, 1.54) is 0 Å². The Kier molecular flexibility index (Phi) is 3.43. The number of aromatic hydroxyl groups is 1. The Hall–Kier alpha value is -1.02. The van der Waals surface area contributed by atoms with E-state index < -0.39 is 0 Å². The van der Waals surface area contributed by atoms with E-state index in [9.17, 15) is 5.11 Å². The average Bonchev–Trinajstić information content (AvgIpc) is 2.90. The molecule has 1 aromatic carbocycles. The lowest BCUT2D eigenvalue weighted by atomic mass is 9.89. The summed E-state index contributed by atoms with van der Waals surface area (Å²) in [6.07, 6.45) is 3.63. The standard InChI is InChI=1S/C15H22O2/c1-4-11(9-10-14-15(2,3)17-14)12-7-5-6-8-13(12)16/h5-8,11,14,16H,4,9-10H2,1-3H3/t11-,14-/m1/s1. The molecular formula is C15H22O2. The third-order valence-electron chi connectivity index (χ3n) is 3.81. The van der Waals surface area contributed by atoms with E-state index in [1.807, 2.05) is 18.2 Å². The first-order chi connectivity index (χ1) is 8.04.